The standard InChI is InChI=1S/C13H28N2O/c1-10-4-6-13(9-14,7-5-10)15-11(2)8-12(3)16/h10-12,15-16H,4-9,14H2,1-3H3. The molecule has 0 aromatic heterocycles. The van der Waals surface area contributed by atoms with Crippen LogP contribution in [-0.4, -0.2) is 29.3 Å². The molecule has 96 valence electrons. The van der Waals surface area contributed by atoms with Gasteiger partial charge in [-0.3, -0.25) is 0 Å². The van der Waals surface area contributed by atoms with Crippen LogP contribution in [0.5, 0.6) is 0 Å². The van der Waals surface area contributed by atoms with Gasteiger partial charge in [-0.25, -0.2) is 0 Å². The average molecular weight is 228 g/mol. The van der Waals surface area contributed by atoms with Gasteiger partial charge in [0.05, 0.1) is 6.10 Å². The summed E-state index contributed by atoms with van der Waals surface area (Å²) >= 11 is 0. The van der Waals surface area contributed by atoms with Crippen LogP contribution in [0.15, 0.2) is 0 Å². The van der Waals surface area contributed by atoms with Gasteiger partial charge in [-0.05, 0) is 51.9 Å². The van der Waals surface area contributed by atoms with E-state index in [9.17, 15) is 5.11 Å². The molecule has 4 N–H and O–H groups in total. The molecule has 0 amide bonds. The van der Waals surface area contributed by atoms with Crippen molar-refractivity contribution in [1.29, 1.82) is 0 Å². The predicted molar refractivity (Wildman–Crippen MR) is 68.3 cm³/mol. The van der Waals surface area contributed by atoms with Gasteiger partial charge in [-0.1, -0.05) is 6.92 Å². The minimum Gasteiger partial charge on any atom is -0.393 e. The van der Waals surface area contributed by atoms with Crippen molar-refractivity contribution < 1.29 is 5.11 Å². The number of hydrogen-bond acceptors (Lipinski definition) is 3. The van der Waals surface area contributed by atoms with Crippen molar-refractivity contribution in [3.8, 4) is 0 Å². The summed E-state index contributed by atoms with van der Waals surface area (Å²) in [6.45, 7) is 7.02. The van der Waals surface area contributed by atoms with Crippen LogP contribution in [0.4, 0.5) is 0 Å². The second-order valence-electron chi connectivity index (χ2n) is 5.80. The van der Waals surface area contributed by atoms with Crippen LogP contribution < -0.4 is 11.1 Å². The monoisotopic (exact) mass is 228 g/mol. The van der Waals surface area contributed by atoms with Crippen molar-refractivity contribution in [2.45, 2.75) is 70.6 Å². The molecule has 1 saturated carbocycles. The Morgan fingerprint density at radius 3 is 2.38 bits per heavy atom. The largest absolute Gasteiger partial charge is 0.393 e. The highest BCUT2D eigenvalue weighted by Gasteiger charge is 2.33. The van der Waals surface area contributed by atoms with Crippen molar-refractivity contribution >= 4 is 0 Å². The highest BCUT2D eigenvalue weighted by atomic mass is 16.3. The SMILES string of the molecule is CC(O)CC(C)NC1(CN)CCC(C)CC1. The third-order valence-electron chi connectivity index (χ3n) is 3.87. The van der Waals surface area contributed by atoms with Crippen molar-refractivity contribution in [1.82, 2.24) is 5.32 Å². The molecule has 0 radical (unpaired) electrons. The molecule has 0 aromatic carbocycles. The second-order valence-corrected chi connectivity index (χ2v) is 5.80. The van der Waals surface area contributed by atoms with E-state index in [1.165, 1.54) is 25.7 Å². The van der Waals surface area contributed by atoms with Gasteiger partial charge in [0.15, 0.2) is 0 Å². The Morgan fingerprint density at radius 2 is 1.94 bits per heavy atom. The fourth-order valence-electron chi connectivity index (χ4n) is 2.82. The van der Waals surface area contributed by atoms with Crippen LogP contribution in [0, 0.1) is 5.92 Å². The average Bonchev–Trinajstić information content (AvgIpc) is 2.21. The molecule has 1 rings (SSSR count). The minimum atomic E-state index is -0.236. The van der Waals surface area contributed by atoms with Gasteiger partial charge in [-0.2, -0.15) is 0 Å². The third-order valence-corrected chi connectivity index (χ3v) is 3.87. The van der Waals surface area contributed by atoms with E-state index in [1.807, 2.05) is 6.92 Å². The predicted octanol–water partition coefficient (Wildman–Crippen LogP) is 1.64. The Bertz CT molecular complexity index is 198. The van der Waals surface area contributed by atoms with E-state index in [0.717, 1.165) is 12.3 Å². The first-order chi connectivity index (χ1) is 7.47. The lowest BCUT2D eigenvalue weighted by Gasteiger charge is -2.41. The molecule has 2 unspecified atom stereocenters. The smallest absolute Gasteiger partial charge is 0.0526 e. The van der Waals surface area contributed by atoms with E-state index in [4.69, 9.17) is 5.73 Å². The van der Waals surface area contributed by atoms with Crippen LogP contribution in [0.1, 0.15) is 52.9 Å². The Kier molecular flexibility index (Phi) is 5.22. The van der Waals surface area contributed by atoms with E-state index in [0.29, 0.717) is 12.6 Å². The van der Waals surface area contributed by atoms with Crippen LogP contribution in [0.2, 0.25) is 0 Å². The lowest BCUT2D eigenvalue weighted by atomic mass is 9.76. The molecular weight excluding hydrogens is 200 g/mol. The summed E-state index contributed by atoms with van der Waals surface area (Å²) in [5.41, 5.74) is 6.06. The van der Waals surface area contributed by atoms with Gasteiger partial charge in [0.2, 0.25) is 0 Å². The molecule has 2 atom stereocenters. The van der Waals surface area contributed by atoms with E-state index < -0.39 is 0 Å². The second kappa shape index (κ2) is 5.99. The number of aliphatic hydroxyl groups is 1. The van der Waals surface area contributed by atoms with Gasteiger partial charge < -0.3 is 16.2 Å². The first-order valence-corrected chi connectivity index (χ1v) is 6.63. The molecule has 0 saturated heterocycles. The Labute approximate surface area is 99.8 Å². The molecule has 1 aliphatic rings. The summed E-state index contributed by atoms with van der Waals surface area (Å²) in [7, 11) is 0. The molecule has 16 heavy (non-hydrogen) atoms. The zero-order valence-electron chi connectivity index (χ0n) is 11.0. The van der Waals surface area contributed by atoms with Crippen molar-refractivity contribution in [2.24, 2.45) is 11.7 Å². The van der Waals surface area contributed by atoms with Crippen LogP contribution in [-0.2, 0) is 0 Å². The highest BCUT2D eigenvalue weighted by Crippen LogP contribution is 2.31. The highest BCUT2D eigenvalue weighted by molar-refractivity contribution is 4.94. The maximum absolute atomic E-state index is 9.38. The van der Waals surface area contributed by atoms with E-state index in [2.05, 4.69) is 19.2 Å². The molecule has 1 fully saturated rings. The van der Waals surface area contributed by atoms with Gasteiger partial charge >= 0.3 is 0 Å². The summed E-state index contributed by atoms with van der Waals surface area (Å²) in [4.78, 5) is 0. The number of nitrogens with two attached hydrogens (primary N) is 1. The number of nitrogens with one attached hydrogen (secondary N) is 1. The minimum absolute atomic E-state index is 0.126. The van der Waals surface area contributed by atoms with Crippen molar-refractivity contribution in [3.05, 3.63) is 0 Å². The molecule has 1 aliphatic carbocycles. The number of rotatable bonds is 5. The summed E-state index contributed by atoms with van der Waals surface area (Å²) in [6, 6.07) is 0.344. The normalized spacial score (nSPS) is 34.7. The van der Waals surface area contributed by atoms with Crippen molar-refractivity contribution in [3.63, 3.8) is 0 Å². The lowest BCUT2D eigenvalue weighted by molar-refractivity contribution is 0.140. The topological polar surface area (TPSA) is 58.3 Å². The van der Waals surface area contributed by atoms with Gasteiger partial charge in [0, 0.05) is 18.1 Å². The molecule has 0 aromatic rings. The summed E-state index contributed by atoms with van der Waals surface area (Å²) in [5.74, 6) is 0.841. The Morgan fingerprint density at radius 1 is 1.38 bits per heavy atom. The van der Waals surface area contributed by atoms with E-state index in [1.54, 1.807) is 0 Å². The maximum Gasteiger partial charge on any atom is 0.0526 e. The van der Waals surface area contributed by atoms with Crippen molar-refractivity contribution in [2.75, 3.05) is 6.54 Å². The van der Waals surface area contributed by atoms with E-state index >= 15 is 0 Å². The van der Waals surface area contributed by atoms with Crippen LogP contribution in [0.25, 0.3) is 0 Å². The zero-order chi connectivity index (χ0) is 12.2. The summed E-state index contributed by atoms with van der Waals surface area (Å²) in [6.07, 6.45) is 5.46. The molecule has 0 spiro atoms. The molecule has 0 aliphatic heterocycles. The van der Waals surface area contributed by atoms with Crippen LogP contribution in [0.3, 0.4) is 0 Å². The number of hydrogen-bond donors (Lipinski definition) is 3. The number of aliphatic hydroxyl groups excluding tert-OH is 1. The van der Waals surface area contributed by atoms with Gasteiger partial charge in [0.1, 0.15) is 0 Å². The molecule has 0 heterocycles. The first-order valence-electron chi connectivity index (χ1n) is 6.63. The summed E-state index contributed by atoms with van der Waals surface area (Å²) < 4.78 is 0. The maximum atomic E-state index is 9.38. The summed E-state index contributed by atoms with van der Waals surface area (Å²) in [5, 5.41) is 13.0. The lowest BCUT2D eigenvalue weighted by Crippen LogP contribution is -2.56. The third kappa shape index (κ3) is 4.04. The fraction of sp³-hybridized carbons (Fsp3) is 1.00. The quantitative estimate of drug-likeness (QED) is 0.670. The molecular formula is C13H28N2O. The molecule has 0 bridgehead atoms. The molecule has 3 heteroatoms. The van der Waals surface area contributed by atoms with Crippen LogP contribution >= 0.6 is 0 Å². The Balaban J connectivity index is 2.47. The molecule has 3 nitrogen and oxygen atoms in total. The van der Waals surface area contributed by atoms with E-state index in [-0.39, 0.29) is 11.6 Å². The first kappa shape index (κ1) is 13.9. The zero-order valence-corrected chi connectivity index (χ0v) is 11.0. The fourth-order valence-corrected chi connectivity index (χ4v) is 2.82. The van der Waals surface area contributed by atoms with Gasteiger partial charge in [0.25, 0.3) is 0 Å². The van der Waals surface area contributed by atoms with Gasteiger partial charge in [-0.15, -0.1) is 0 Å². The Hall–Kier alpha value is -0.120.